The van der Waals surface area contributed by atoms with Gasteiger partial charge in [0.2, 0.25) is 0 Å². The van der Waals surface area contributed by atoms with E-state index in [1.165, 1.54) is 0 Å². The number of allylic oxidation sites excluding steroid dienone is 1. The molecule has 0 saturated heterocycles. The Balaban J connectivity index is 3.19. The van der Waals surface area contributed by atoms with Gasteiger partial charge in [0.1, 0.15) is 0 Å². The predicted molar refractivity (Wildman–Crippen MR) is 52.0 cm³/mol. The summed E-state index contributed by atoms with van der Waals surface area (Å²) < 4.78 is 0. The van der Waals surface area contributed by atoms with Crippen LogP contribution >= 0.6 is 0 Å². The summed E-state index contributed by atoms with van der Waals surface area (Å²) in [5.74, 6) is -0.809. The van der Waals surface area contributed by atoms with E-state index in [0.717, 1.165) is 5.56 Å². The number of carbonyl (C=O) groups is 1. The van der Waals surface area contributed by atoms with Crippen LogP contribution in [0.3, 0.4) is 0 Å². The van der Waals surface area contributed by atoms with Crippen molar-refractivity contribution in [2.75, 3.05) is 0 Å². The molecule has 0 unspecified atom stereocenters. The van der Waals surface area contributed by atoms with Crippen LogP contribution in [0.4, 0.5) is 0 Å². The smallest absolute Gasteiger partial charge is 0.335 e. The Morgan fingerprint density at radius 3 is 2.69 bits per heavy atom. The van der Waals surface area contributed by atoms with E-state index in [-0.39, 0.29) is 5.92 Å². The molecule has 0 aliphatic rings. The average Bonchev–Trinajstić information content (AvgIpc) is 2.16. The van der Waals surface area contributed by atoms with Gasteiger partial charge in [-0.2, -0.15) is 0 Å². The zero-order valence-electron chi connectivity index (χ0n) is 7.53. The van der Waals surface area contributed by atoms with E-state index in [0.29, 0.717) is 5.56 Å². The molecule has 0 aromatic heterocycles. The molecular weight excluding hydrogens is 164 g/mol. The van der Waals surface area contributed by atoms with Gasteiger partial charge in [0, 0.05) is 0 Å². The van der Waals surface area contributed by atoms with Crippen molar-refractivity contribution < 1.29 is 9.90 Å². The molecule has 1 aromatic rings. The first-order valence-corrected chi connectivity index (χ1v) is 4.11. The zero-order valence-corrected chi connectivity index (χ0v) is 7.53. The van der Waals surface area contributed by atoms with Crippen LogP contribution in [-0.2, 0) is 0 Å². The van der Waals surface area contributed by atoms with E-state index in [4.69, 9.17) is 5.11 Å². The van der Waals surface area contributed by atoms with Gasteiger partial charge >= 0.3 is 5.97 Å². The molecule has 1 rings (SSSR count). The van der Waals surface area contributed by atoms with Crippen molar-refractivity contribution in [3.63, 3.8) is 0 Å². The molecule has 1 atom stereocenters. The first-order valence-electron chi connectivity index (χ1n) is 4.11. The molecule has 0 heterocycles. The van der Waals surface area contributed by atoms with Gasteiger partial charge in [0.25, 0.3) is 0 Å². The second-order valence-electron chi connectivity index (χ2n) is 2.92. The van der Waals surface area contributed by atoms with Crippen molar-refractivity contribution in [3.05, 3.63) is 48.0 Å². The molecule has 0 radical (unpaired) electrons. The highest BCUT2D eigenvalue weighted by Crippen LogP contribution is 2.20. The second-order valence-corrected chi connectivity index (χ2v) is 2.92. The molecule has 2 heteroatoms. The van der Waals surface area contributed by atoms with Gasteiger partial charge in [-0.05, 0) is 17.5 Å². The summed E-state index contributed by atoms with van der Waals surface area (Å²) in [5.41, 5.74) is 1.17. The summed E-state index contributed by atoms with van der Waals surface area (Å²) in [6.07, 6.45) is 1.74. The first-order chi connectivity index (χ1) is 6.16. The lowest BCUT2D eigenvalue weighted by atomic mass is 9.96. The lowest BCUT2D eigenvalue weighted by molar-refractivity contribution is 0.0695. The molecule has 2 nitrogen and oxygen atoms in total. The summed E-state index contributed by atoms with van der Waals surface area (Å²) in [6.45, 7) is 5.57. The van der Waals surface area contributed by atoms with Crippen molar-refractivity contribution in [1.29, 1.82) is 0 Å². The monoisotopic (exact) mass is 176 g/mol. The van der Waals surface area contributed by atoms with Gasteiger partial charge < -0.3 is 5.11 Å². The first kappa shape index (κ1) is 9.52. The molecule has 68 valence electrons. The predicted octanol–water partition coefficient (Wildman–Crippen LogP) is 2.67. The van der Waals surface area contributed by atoms with Gasteiger partial charge in [-0.3, -0.25) is 0 Å². The number of carboxylic acids is 1. The number of aromatic carboxylic acids is 1. The number of hydrogen-bond acceptors (Lipinski definition) is 1. The third-order valence-corrected chi connectivity index (χ3v) is 2.04. The molecule has 0 aliphatic carbocycles. The number of hydrogen-bond donors (Lipinski definition) is 1. The molecule has 0 aliphatic heterocycles. The molecule has 0 saturated carbocycles. The Bertz CT molecular complexity index is 329. The zero-order chi connectivity index (χ0) is 9.84. The standard InChI is InChI=1S/C11H12O2/c1-3-8(2)9-6-4-5-7-10(9)11(12)13/h3-8H,1H2,2H3,(H,12,13)/t8-/m0/s1. The number of rotatable bonds is 3. The van der Waals surface area contributed by atoms with Gasteiger partial charge in [-0.25, -0.2) is 4.79 Å². The summed E-state index contributed by atoms with van der Waals surface area (Å²) in [4.78, 5) is 10.8. The van der Waals surface area contributed by atoms with Crippen LogP contribution in [0.5, 0.6) is 0 Å². The molecule has 0 spiro atoms. The Hall–Kier alpha value is -1.57. The van der Waals surface area contributed by atoms with Crippen LogP contribution in [-0.4, -0.2) is 11.1 Å². The summed E-state index contributed by atoms with van der Waals surface area (Å²) in [7, 11) is 0. The second kappa shape index (κ2) is 3.90. The highest BCUT2D eigenvalue weighted by Gasteiger charge is 2.11. The molecule has 0 fully saturated rings. The van der Waals surface area contributed by atoms with E-state index in [2.05, 4.69) is 6.58 Å². The fraction of sp³-hybridized carbons (Fsp3) is 0.182. The van der Waals surface area contributed by atoms with Crippen LogP contribution in [0.1, 0.15) is 28.8 Å². The fourth-order valence-electron chi connectivity index (χ4n) is 1.22. The summed E-state index contributed by atoms with van der Waals surface area (Å²) in [6, 6.07) is 6.98. The van der Waals surface area contributed by atoms with E-state index in [1.54, 1.807) is 18.2 Å². The topological polar surface area (TPSA) is 37.3 Å². The van der Waals surface area contributed by atoms with Crippen LogP contribution in [0.2, 0.25) is 0 Å². The van der Waals surface area contributed by atoms with Crippen LogP contribution in [0.15, 0.2) is 36.9 Å². The van der Waals surface area contributed by atoms with E-state index < -0.39 is 5.97 Å². The van der Waals surface area contributed by atoms with Crippen molar-refractivity contribution in [2.45, 2.75) is 12.8 Å². The summed E-state index contributed by atoms with van der Waals surface area (Å²) in [5, 5.41) is 8.88. The highest BCUT2D eigenvalue weighted by molar-refractivity contribution is 5.89. The van der Waals surface area contributed by atoms with E-state index >= 15 is 0 Å². The Morgan fingerprint density at radius 2 is 2.15 bits per heavy atom. The van der Waals surface area contributed by atoms with Crippen molar-refractivity contribution >= 4 is 5.97 Å². The molecular formula is C11H12O2. The lowest BCUT2D eigenvalue weighted by Crippen LogP contribution is -2.03. The minimum absolute atomic E-state index is 0.0762. The fourth-order valence-corrected chi connectivity index (χ4v) is 1.22. The quantitative estimate of drug-likeness (QED) is 0.719. The number of benzene rings is 1. The Kier molecular flexibility index (Phi) is 2.85. The van der Waals surface area contributed by atoms with Gasteiger partial charge in [-0.15, -0.1) is 6.58 Å². The number of carboxylic acid groups (broad SMARTS) is 1. The maximum atomic E-state index is 10.8. The highest BCUT2D eigenvalue weighted by atomic mass is 16.4. The Morgan fingerprint density at radius 1 is 1.54 bits per heavy atom. The van der Waals surface area contributed by atoms with Crippen LogP contribution < -0.4 is 0 Å². The third kappa shape index (κ3) is 1.96. The maximum Gasteiger partial charge on any atom is 0.335 e. The molecule has 13 heavy (non-hydrogen) atoms. The van der Waals surface area contributed by atoms with Crippen molar-refractivity contribution in [3.8, 4) is 0 Å². The molecule has 0 amide bonds. The normalized spacial score (nSPS) is 12.1. The van der Waals surface area contributed by atoms with E-state index in [9.17, 15) is 4.79 Å². The van der Waals surface area contributed by atoms with E-state index in [1.807, 2.05) is 19.1 Å². The molecule has 1 aromatic carbocycles. The van der Waals surface area contributed by atoms with Crippen molar-refractivity contribution in [1.82, 2.24) is 0 Å². The van der Waals surface area contributed by atoms with Crippen LogP contribution in [0, 0.1) is 0 Å². The average molecular weight is 176 g/mol. The SMILES string of the molecule is C=C[C@H](C)c1ccccc1C(=O)O. The summed E-state index contributed by atoms with van der Waals surface area (Å²) >= 11 is 0. The Labute approximate surface area is 77.5 Å². The largest absolute Gasteiger partial charge is 0.478 e. The van der Waals surface area contributed by atoms with Gasteiger partial charge in [0.05, 0.1) is 5.56 Å². The minimum atomic E-state index is -0.885. The molecule has 1 N–H and O–H groups in total. The van der Waals surface area contributed by atoms with Gasteiger partial charge in [0.15, 0.2) is 0 Å². The van der Waals surface area contributed by atoms with Gasteiger partial charge in [-0.1, -0.05) is 31.2 Å². The maximum absolute atomic E-state index is 10.8. The minimum Gasteiger partial charge on any atom is -0.478 e. The van der Waals surface area contributed by atoms with Crippen LogP contribution in [0.25, 0.3) is 0 Å². The lowest BCUT2D eigenvalue weighted by Gasteiger charge is -2.09. The third-order valence-electron chi connectivity index (χ3n) is 2.04. The molecule has 0 bridgehead atoms. The van der Waals surface area contributed by atoms with Crippen molar-refractivity contribution in [2.24, 2.45) is 0 Å².